The van der Waals surface area contributed by atoms with Crippen LogP contribution in [0.15, 0.2) is 54.6 Å². The Hall–Kier alpha value is -3.02. The van der Waals surface area contributed by atoms with Crippen LogP contribution in [0.1, 0.15) is 11.1 Å². The molecule has 2 aromatic rings. The van der Waals surface area contributed by atoms with Gasteiger partial charge in [0.25, 0.3) is 5.69 Å². The molecule has 0 saturated heterocycles. The van der Waals surface area contributed by atoms with Gasteiger partial charge < -0.3 is 4.90 Å². The van der Waals surface area contributed by atoms with Crippen LogP contribution in [0.25, 0.3) is 6.08 Å². The van der Waals surface area contributed by atoms with Crippen molar-refractivity contribution in [3.05, 3.63) is 81.7 Å². The quantitative estimate of drug-likeness (QED) is 0.482. The summed E-state index contributed by atoms with van der Waals surface area (Å²) in [6.07, 6.45) is 2.70. The molecule has 1 amide bonds. The molecule has 0 heterocycles. The highest BCUT2D eigenvalue weighted by Gasteiger charge is 2.11. The number of nitro benzene ring substituents is 1. The summed E-state index contributed by atoms with van der Waals surface area (Å²) in [5.74, 6) is -0.633. The van der Waals surface area contributed by atoms with Crippen molar-refractivity contribution >= 4 is 17.7 Å². The van der Waals surface area contributed by atoms with Gasteiger partial charge in [-0.15, -0.1) is 0 Å². The van der Waals surface area contributed by atoms with E-state index >= 15 is 0 Å². The minimum atomic E-state index is -0.494. The van der Waals surface area contributed by atoms with Crippen LogP contribution in [0.2, 0.25) is 0 Å². The Morgan fingerprint density at radius 3 is 2.52 bits per heavy atom. The first-order valence-corrected chi connectivity index (χ1v) is 6.88. The molecular weight excluding hydrogens is 299 g/mol. The molecule has 0 spiro atoms. The van der Waals surface area contributed by atoms with E-state index < -0.39 is 4.92 Å². The summed E-state index contributed by atoms with van der Waals surface area (Å²) in [4.78, 5) is 23.9. The first-order chi connectivity index (χ1) is 11.0. The molecule has 0 saturated carbocycles. The highest BCUT2D eigenvalue weighted by Crippen LogP contribution is 2.19. The molecule has 0 atom stereocenters. The second-order valence-corrected chi connectivity index (χ2v) is 4.97. The van der Waals surface area contributed by atoms with Crippen molar-refractivity contribution in [2.45, 2.75) is 6.54 Å². The molecule has 2 rings (SSSR count). The fourth-order valence-corrected chi connectivity index (χ4v) is 2.02. The van der Waals surface area contributed by atoms with Crippen LogP contribution in [-0.4, -0.2) is 22.8 Å². The van der Waals surface area contributed by atoms with Crippen LogP contribution < -0.4 is 0 Å². The van der Waals surface area contributed by atoms with Gasteiger partial charge in [-0.05, 0) is 29.8 Å². The van der Waals surface area contributed by atoms with E-state index in [9.17, 15) is 19.3 Å². The number of halogens is 1. The van der Waals surface area contributed by atoms with Gasteiger partial charge in [-0.25, -0.2) is 4.39 Å². The number of para-hydroxylation sites is 1. The highest BCUT2D eigenvalue weighted by atomic mass is 19.1. The summed E-state index contributed by atoms with van der Waals surface area (Å²) in [7, 11) is 1.61. The summed E-state index contributed by atoms with van der Waals surface area (Å²) in [5.41, 5.74) is 1.10. The van der Waals surface area contributed by atoms with Crippen LogP contribution >= 0.6 is 0 Å². The third kappa shape index (κ3) is 4.47. The van der Waals surface area contributed by atoms with E-state index in [1.807, 2.05) is 0 Å². The molecule has 6 heteroatoms. The van der Waals surface area contributed by atoms with Gasteiger partial charge in [0.05, 0.1) is 10.5 Å². The third-order valence-electron chi connectivity index (χ3n) is 3.25. The number of nitro groups is 1. The number of amides is 1. The van der Waals surface area contributed by atoms with Crippen molar-refractivity contribution < 1.29 is 14.1 Å². The Morgan fingerprint density at radius 2 is 1.87 bits per heavy atom. The van der Waals surface area contributed by atoms with Gasteiger partial charge in [-0.1, -0.05) is 24.3 Å². The van der Waals surface area contributed by atoms with Crippen molar-refractivity contribution in [2.24, 2.45) is 0 Å². The largest absolute Gasteiger partial charge is 0.338 e. The molecule has 0 N–H and O–H groups in total. The number of hydrogen-bond acceptors (Lipinski definition) is 3. The monoisotopic (exact) mass is 314 g/mol. The van der Waals surface area contributed by atoms with Crippen LogP contribution in [0, 0.1) is 15.9 Å². The van der Waals surface area contributed by atoms with Gasteiger partial charge in [0.15, 0.2) is 0 Å². The summed E-state index contributed by atoms with van der Waals surface area (Å²) in [5, 5.41) is 10.9. The fourth-order valence-electron chi connectivity index (χ4n) is 2.02. The van der Waals surface area contributed by atoms with Gasteiger partial charge in [-0.3, -0.25) is 14.9 Å². The van der Waals surface area contributed by atoms with Crippen LogP contribution in [0.5, 0.6) is 0 Å². The Kier molecular flexibility index (Phi) is 5.19. The summed E-state index contributed by atoms with van der Waals surface area (Å²) >= 11 is 0. The van der Waals surface area contributed by atoms with Crippen molar-refractivity contribution in [2.75, 3.05) is 7.05 Å². The topological polar surface area (TPSA) is 63.5 Å². The zero-order chi connectivity index (χ0) is 16.8. The summed E-state index contributed by atoms with van der Waals surface area (Å²) in [6, 6.07) is 12.1. The minimum Gasteiger partial charge on any atom is -0.338 e. The summed E-state index contributed by atoms with van der Waals surface area (Å²) < 4.78 is 12.8. The van der Waals surface area contributed by atoms with E-state index in [-0.39, 0.29) is 17.4 Å². The lowest BCUT2D eigenvalue weighted by Crippen LogP contribution is -2.24. The van der Waals surface area contributed by atoms with E-state index in [1.165, 1.54) is 35.3 Å². The summed E-state index contributed by atoms with van der Waals surface area (Å²) in [6.45, 7) is 0.320. The minimum absolute atomic E-state index is 0.0577. The second kappa shape index (κ2) is 7.31. The molecular formula is C17H15FN2O3. The fraction of sp³-hybridized carbons (Fsp3) is 0.118. The average molecular weight is 314 g/mol. The first-order valence-electron chi connectivity index (χ1n) is 6.88. The van der Waals surface area contributed by atoms with E-state index in [0.29, 0.717) is 12.1 Å². The van der Waals surface area contributed by atoms with Gasteiger partial charge in [0, 0.05) is 25.7 Å². The molecule has 0 fully saturated rings. The molecule has 0 radical (unpaired) electrons. The first kappa shape index (κ1) is 16.4. The third-order valence-corrected chi connectivity index (χ3v) is 3.25. The lowest BCUT2D eigenvalue weighted by Gasteiger charge is -2.15. The van der Waals surface area contributed by atoms with Crippen LogP contribution in [0.3, 0.4) is 0 Å². The molecule has 0 aliphatic heterocycles. The van der Waals surface area contributed by atoms with Crippen LogP contribution in [-0.2, 0) is 11.3 Å². The number of nitrogens with zero attached hydrogens (tertiary/aromatic N) is 2. The lowest BCUT2D eigenvalue weighted by molar-refractivity contribution is -0.385. The highest BCUT2D eigenvalue weighted by molar-refractivity contribution is 5.92. The molecule has 0 unspecified atom stereocenters. The van der Waals surface area contributed by atoms with Gasteiger partial charge in [0.2, 0.25) is 5.91 Å². The molecule has 0 aliphatic rings. The number of likely N-dealkylation sites (N-methyl/N-ethyl adjacent to an activating group) is 1. The van der Waals surface area contributed by atoms with E-state index in [1.54, 1.807) is 37.4 Å². The number of rotatable bonds is 5. The van der Waals surface area contributed by atoms with Crippen molar-refractivity contribution in [1.82, 2.24) is 4.90 Å². The van der Waals surface area contributed by atoms with E-state index in [0.717, 1.165) is 5.56 Å². The van der Waals surface area contributed by atoms with Crippen molar-refractivity contribution in [3.8, 4) is 0 Å². The molecule has 118 valence electrons. The van der Waals surface area contributed by atoms with Crippen LogP contribution in [0.4, 0.5) is 10.1 Å². The SMILES string of the molecule is CN(Cc1ccc(F)cc1)C(=O)C=Cc1ccccc1[N+](=O)[O-]. The number of carbonyl (C=O) groups is 1. The van der Waals surface area contributed by atoms with E-state index in [4.69, 9.17) is 0 Å². The maximum atomic E-state index is 12.8. The molecule has 0 aromatic heterocycles. The van der Waals surface area contributed by atoms with Crippen molar-refractivity contribution in [3.63, 3.8) is 0 Å². The van der Waals surface area contributed by atoms with Gasteiger partial charge in [-0.2, -0.15) is 0 Å². The maximum Gasteiger partial charge on any atom is 0.276 e. The number of hydrogen-bond donors (Lipinski definition) is 0. The Balaban J connectivity index is 2.06. The van der Waals surface area contributed by atoms with Crippen molar-refractivity contribution in [1.29, 1.82) is 0 Å². The Bertz CT molecular complexity index is 742. The standard InChI is InChI=1S/C17H15FN2O3/c1-19(12-13-6-9-15(18)10-7-13)17(21)11-8-14-4-2-3-5-16(14)20(22)23/h2-11H,12H2,1H3. The molecule has 5 nitrogen and oxygen atoms in total. The smallest absolute Gasteiger partial charge is 0.276 e. The van der Waals surface area contributed by atoms with Gasteiger partial charge in [0.1, 0.15) is 5.82 Å². The van der Waals surface area contributed by atoms with E-state index in [2.05, 4.69) is 0 Å². The molecule has 0 bridgehead atoms. The maximum absolute atomic E-state index is 12.8. The zero-order valence-electron chi connectivity index (χ0n) is 12.5. The molecule has 2 aromatic carbocycles. The Labute approximate surface area is 132 Å². The average Bonchev–Trinajstić information content (AvgIpc) is 2.54. The number of carbonyl (C=O) groups excluding carboxylic acids is 1. The van der Waals surface area contributed by atoms with Gasteiger partial charge >= 0.3 is 0 Å². The zero-order valence-corrected chi connectivity index (χ0v) is 12.5. The molecule has 23 heavy (non-hydrogen) atoms. The number of benzene rings is 2. The Morgan fingerprint density at radius 1 is 1.22 bits per heavy atom. The normalized spacial score (nSPS) is 10.7. The lowest BCUT2D eigenvalue weighted by atomic mass is 10.1. The predicted molar refractivity (Wildman–Crippen MR) is 85.0 cm³/mol. The predicted octanol–water partition coefficient (Wildman–Crippen LogP) is 3.41. The second-order valence-electron chi connectivity index (χ2n) is 4.97. The molecule has 0 aliphatic carbocycles.